The molecule has 8 bridgehead atoms. The van der Waals surface area contributed by atoms with Crippen molar-refractivity contribution < 1.29 is 36.6 Å². The maximum Gasteiger partial charge on any atom is 0.394 e. The highest BCUT2D eigenvalue weighted by Crippen LogP contribution is 2.83. The number of hydrogen-bond acceptors (Lipinski definition) is 2. The monoisotopic (exact) mass is 438 g/mol. The summed E-state index contributed by atoms with van der Waals surface area (Å²) in [5, 5.41) is 22.4. The van der Waals surface area contributed by atoms with Crippen LogP contribution in [-0.2, 0) is 0 Å². The molecule has 170 valence electrons. The molecule has 0 amide bonds. The van der Waals surface area contributed by atoms with E-state index in [1.807, 2.05) is 0 Å². The van der Waals surface area contributed by atoms with Gasteiger partial charge in [-0.1, -0.05) is 0 Å². The summed E-state index contributed by atoms with van der Waals surface area (Å²) < 4.78 is 86.5. The molecule has 4 atom stereocenters. The Labute approximate surface area is 171 Å². The third kappa shape index (κ3) is 2.26. The normalized spacial score (nSPS) is 59.2. The first-order valence-corrected chi connectivity index (χ1v) is 11.1. The Balaban J connectivity index is 1.54. The lowest BCUT2D eigenvalue weighted by Gasteiger charge is -2.76. The van der Waals surface area contributed by atoms with Gasteiger partial charge in [-0.3, -0.25) is 0 Å². The van der Waals surface area contributed by atoms with Crippen molar-refractivity contribution in [1.82, 2.24) is 0 Å². The van der Waals surface area contributed by atoms with Gasteiger partial charge in [-0.15, -0.1) is 0 Å². The van der Waals surface area contributed by atoms with Gasteiger partial charge in [0.05, 0.1) is 22.0 Å². The van der Waals surface area contributed by atoms with Crippen molar-refractivity contribution in [2.45, 2.75) is 101 Å². The fourth-order valence-electron chi connectivity index (χ4n) is 10.6. The maximum absolute atomic E-state index is 14.4. The van der Waals surface area contributed by atoms with E-state index in [0.29, 0.717) is 32.1 Å². The number of halogens is 6. The van der Waals surface area contributed by atoms with Crippen LogP contribution in [0.4, 0.5) is 26.3 Å². The Kier molecular flexibility index (Phi) is 3.37. The molecule has 8 rings (SSSR count). The van der Waals surface area contributed by atoms with E-state index in [-0.39, 0.29) is 31.1 Å². The lowest BCUT2D eigenvalue weighted by Crippen LogP contribution is -2.75. The third-order valence-electron chi connectivity index (χ3n) is 10.4. The molecular weight excluding hydrogens is 410 g/mol. The molecule has 0 aromatic rings. The number of alkyl halides is 6. The standard InChI is InChI=1S/C22H28F6O2/c23-21(24,25)17-6-16(15-2-13-1-14(3-15)5-19(29,4-13)9-15)7-18(8-17,22(26,27)28)12-20(30,10-16)11-17/h13-14,29-30H,1-12H2. The van der Waals surface area contributed by atoms with Gasteiger partial charge in [0.1, 0.15) is 0 Å². The quantitative estimate of drug-likeness (QED) is 0.530. The molecule has 0 radical (unpaired) electrons. The lowest BCUT2D eigenvalue weighted by atomic mass is 9.29. The predicted octanol–water partition coefficient (Wildman–Crippen LogP) is 5.51. The molecule has 30 heavy (non-hydrogen) atoms. The molecular formula is C22H28F6O2. The molecule has 2 nitrogen and oxygen atoms in total. The molecule has 8 saturated carbocycles. The summed E-state index contributed by atoms with van der Waals surface area (Å²) in [7, 11) is 0. The highest BCUT2D eigenvalue weighted by atomic mass is 19.4. The van der Waals surface area contributed by atoms with E-state index in [4.69, 9.17) is 0 Å². The third-order valence-corrected chi connectivity index (χ3v) is 10.4. The average molecular weight is 438 g/mol. The van der Waals surface area contributed by atoms with Crippen molar-refractivity contribution in [3.63, 3.8) is 0 Å². The second-order valence-corrected chi connectivity index (χ2v) is 12.6. The van der Waals surface area contributed by atoms with E-state index < -0.39 is 64.5 Å². The minimum Gasteiger partial charge on any atom is -0.390 e. The fraction of sp³-hybridized carbons (Fsp3) is 1.00. The maximum atomic E-state index is 14.4. The second kappa shape index (κ2) is 5.02. The van der Waals surface area contributed by atoms with Gasteiger partial charge >= 0.3 is 12.4 Å². The lowest BCUT2D eigenvalue weighted by molar-refractivity contribution is -0.396. The van der Waals surface area contributed by atoms with Crippen molar-refractivity contribution in [3.8, 4) is 0 Å². The van der Waals surface area contributed by atoms with Crippen LogP contribution < -0.4 is 0 Å². The summed E-state index contributed by atoms with van der Waals surface area (Å²) in [6.07, 6.45) is -8.74. The van der Waals surface area contributed by atoms with Crippen LogP contribution in [0.25, 0.3) is 0 Å². The van der Waals surface area contributed by atoms with E-state index in [1.165, 1.54) is 0 Å². The molecule has 0 heterocycles. The van der Waals surface area contributed by atoms with Crippen LogP contribution >= 0.6 is 0 Å². The van der Waals surface area contributed by atoms with Crippen LogP contribution in [0.3, 0.4) is 0 Å². The molecule has 8 aliphatic rings. The minimum absolute atomic E-state index is 0.0190. The molecule has 8 heteroatoms. The summed E-state index contributed by atoms with van der Waals surface area (Å²) in [6, 6.07) is 0. The summed E-state index contributed by atoms with van der Waals surface area (Å²) in [5.41, 5.74) is -9.82. The van der Waals surface area contributed by atoms with Gasteiger partial charge in [0.25, 0.3) is 0 Å². The van der Waals surface area contributed by atoms with Gasteiger partial charge in [-0.2, -0.15) is 26.3 Å². The van der Waals surface area contributed by atoms with Crippen LogP contribution in [0.2, 0.25) is 0 Å². The molecule has 0 aromatic carbocycles. The highest BCUT2D eigenvalue weighted by molar-refractivity contribution is 5.27. The zero-order valence-electron chi connectivity index (χ0n) is 16.8. The van der Waals surface area contributed by atoms with E-state index in [0.717, 1.165) is 6.42 Å². The molecule has 0 aromatic heterocycles. The Bertz CT molecular complexity index is 756. The van der Waals surface area contributed by atoms with Crippen LogP contribution in [-0.4, -0.2) is 33.8 Å². The first-order chi connectivity index (χ1) is 13.6. The van der Waals surface area contributed by atoms with Crippen molar-refractivity contribution >= 4 is 0 Å². The summed E-state index contributed by atoms with van der Waals surface area (Å²) in [6.45, 7) is 0. The minimum atomic E-state index is -4.79. The Morgan fingerprint density at radius 3 is 1.43 bits per heavy atom. The first-order valence-electron chi connectivity index (χ1n) is 11.1. The summed E-state index contributed by atoms with van der Waals surface area (Å²) >= 11 is 0. The van der Waals surface area contributed by atoms with Gasteiger partial charge in [0.15, 0.2) is 0 Å². The van der Waals surface area contributed by atoms with Gasteiger partial charge in [0, 0.05) is 0 Å². The summed E-state index contributed by atoms with van der Waals surface area (Å²) in [4.78, 5) is 0. The van der Waals surface area contributed by atoms with Gasteiger partial charge in [-0.05, 0) is 99.7 Å². The van der Waals surface area contributed by atoms with E-state index in [9.17, 15) is 36.6 Å². The van der Waals surface area contributed by atoms with E-state index >= 15 is 0 Å². The zero-order valence-corrected chi connectivity index (χ0v) is 16.8. The molecule has 8 fully saturated rings. The number of rotatable bonds is 1. The molecule has 8 aliphatic carbocycles. The fourth-order valence-corrected chi connectivity index (χ4v) is 10.6. The molecule has 2 N–H and O–H groups in total. The highest BCUT2D eigenvalue weighted by Gasteiger charge is 2.82. The van der Waals surface area contributed by atoms with Gasteiger partial charge in [-0.25, -0.2) is 0 Å². The topological polar surface area (TPSA) is 40.5 Å². The second-order valence-electron chi connectivity index (χ2n) is 12.6. The first kappa shape index (κ1) is 20.1. The van der Waals surface area contributed by atoms with Crippen molar-refractivity contribution in [1.29, 1.82) is 0 Å². The van der Waals surface area contributed by atoms with Crippen LogP contribution in [0, 0.1) is 33.5 Å². The van der Waals surface area contributed by atoms with Crippen molar-refractivity contribution in [2.75, 3.05) is 0 Å². The van der Waals surface area contributed by atoms with Crippen LogP contribution in [0.1, 0.15) is 77.0 Å². The largest absolute Gasteiger partial charge is 0.394 e. The molecule has 0 aliphatic heterocycles. The summed E-state index contributed by atoms with van der Waals surface area (Å²) in [5.74, 6) is 0.338. The zero-order chi connectivity index (χ0) is 21.6. The van der Waals surface area contributed by atoms with Gasteiger partial charge in [0.2, 0.25) is 0 Å². The van der Waals surface area contributed by atoms with Crippen molar-refractivity contribution in [3.05, 3.63) is 0 Å². The molecule has 0 saturated heterocycles. The average Bonchev–Trinajstić information content (AvgIpc) is 2.47. The predicted molar refractivity (Wildman–Crippen MR) is 94.1 cm³/mol. The van der Waals surface area contributed by atoms with Crippen LogP contribution in [0.15, 0.2) is 0 Å². The van der Waals surface area contributed by atoms with Crippen LogP contribution in [0.5, 0.6) is 0 Å². The molecule has 0 spiro atoms. The Morgan fingerprint density at radius 1 is 0.533 bits per heavy atom. The van der Waals surface area contributed by atoms with Crippen molar-refractivity contribution in [2.24, 2.45) is 33.5 Å². The SMILES string of the molecule is OC12CC3CC(C1)CC(C14CC5(O)CC(C(F)(F)F)(CC(C(F)(F)F)(C5)C1)C4)(C3)C2. The smallest absolute Gasteiger partial charge is 0.390 e. The number of hydrogen-bond donors (Lipinski definition) is 2. The number of aliphatic hydroxyl groups is 2. The Hall–Kier alpha value is -0.500. The molecule has 4 unspecified atom stereocenters. The van der Waals surface area contributed by atoms with E-state index in [1.54, 1.807) is 0 Å². The van der Waals surface area contributed by atoms with Gasteiger partial charge < -0.3 is 10.2 Å². The van der Waals surface area contributed by atoms with E-state index in [2.05, 4.69) is 0 Å². The Morgan fingerprint density at radius 2 is 1.00 bits per heavy atom.